The molecule has 0 aliphatic heterocycles. The van der Waals surface area contributed by atoms with Gasteiger partial charge in [0, 0.05) is 11.1 Å². The molecular formula is C11H15NO4. The van der Waals surface area contributed by atoms with Crippen molar-refractivity contribution in [1.29, 1.82) is 0 Å². The molecule has 1 rings (SSSR count). The van der Waals surface area contributed by atoms with E-state index in [1.807, 2.05) is 0 Å². The van der Waals surface area contributed by atoms with Gasteiger partial charge in [0.25, 0.3) is 5.91 Å². The Morgan fingerprint density at radius 1 is 1.19 bits per heavy atom. The van der Waals surface area contributed by atoms with Crippen LogP contribution in [0.1, 0.15) is 15.9 Å². The molecule has 0 unspecified atom stereocenters. The first kappa shape index (κ1) is 12.3. The van der Waals surface area contributed by atoms with Gasteiger partial charge in [-0.15, -0.1) is 0 Å². The number of carbonyl (C=O) groups is 1. The third-order valence-corrected chi connectivity index (χ3v) is 2.23. The molecule has 0 aliphatic carbocycles. The molecule has 0 aromatic heterocycles. The van der Waals surface area contributed by atoms with Gasteiger partial charge >= 0.3 is 0 Å². The summed E-state index contributed by atoms with van der Waals surface area (Å²) in [4.78, 5) is 16.2. The first-order chi connectivity index (χ1) is 7.65. The van der Waals surface area contributed by atoms with Gasteiger partial charge in [-0.25, -0.2) is 5.48 Å². The van der Waals surface area contributed by atoms with Gasteiger partial charge in [-0.3, -0.25) is 9.63 Å². The number of carbonyl (C=O) groups excluding carboxylic acids is 1. The maximum absolute atomic E-state index is 11.6. The standard InChI is InChI=1S/C11H15NO4/c1-7-8(11(13)12-16-4)5-6-9(14-2)10(7)15-3/h5-6H,1-4H3,(H,12,13). The van der Waals surface area contributed by atoms with E-state index in [0.717, 1.165) is 0 Å². The number of hydrogen-bond acceptors (Lipinski definition) is 4. The van der Waals surface area contributed by atoms with E-state index < -0.39 is 0 Å². The average molecular weight is 225 g/mol. The monoisotopic (exact) mass is 225 g/mol. The van der Waals surface area contributed by atoms with Crippen molar-refractivity contribution < 1.29 is 19.1 Å². The second-order valence-corrected chi connectivity index (χ2v) is 3.11. The molecule has 1 amide bonds. The highest BCUT2D eigenvalue weighted by molar-refractivity contribution is 5.96. The van der Waals surface area contributed by atoms with E-state index in [1.165, 1.54) is 14.2 Å². The van der Waals surface area contributed by atoms with Gasteiger partial charge in [0.1, 0.15) is 0 Å². The van der Waals surface area contributed by atoms with Crippen molar-refractivity contribution in [3.05, 3.63) is 23.3 Å². The van der Waals surface area contributed by atoms with Crippen LogP contribution in [0.4, 0.5) is 0 Å². The number of methoxy groups -OCH3 is 2. The van der Waals surface area contributed by atoms with Crippen molar-refractivity contribution in [2.24, 2.45) is 0 Å². The Labute approximate surface area is 94.3 Å². The Morgan fingerprint density at radius 3 is 2.38 bits per heavy atom. The second kappa shape index (κ2) is 5.37. The van der Waals surface area contributed by atoms with Crippen molar-refractivity contribution >= 4 is 5.91 Å². The molecule has 5 heteroatoms. The van der Waals surface area contributed by atoms with Crippen LogP contribution >= 0.6 is 0 Å². The van der Waals surface area contributed by atoms with E-state index in [9.17, 15) is 4.79 Å². The number of hydroxylamine groups is 1. The molecule has 0 heterocycles. The van der Waals surface area contributed by atoms with Crippen molar-refractivity contribution in [2.45, 2.75) is 6.92 Å². The van der Waals surface area contributed by atoms with Crippen molar-refractivity contribution in [3.8, 4) is 11.5 Å². The molecule has 16 heavy (non-hydrogen) atoms. The van der Waals surface area contributed by atoms with Crippen LogP contribution < -0.4 is 15.0 Å². The number of nitrogens with one attached hydrogen (secondary N) is 1. The van der Waals surface area contributed by atoms with Gasteiger partial charge < -0.3 is 9.47 Å². The second-order valence-electron chi connectivity index (χ2n) is 3.11. The Kier molecular flexibility index (Phi) is 4.13. The van der Waals surface area contributed by atoms with Crippen LogP contribution in [0.15, 0.2) is 12.1 Å². The zero-order valence-corrected chi connectivity index (χ0v) is 9.79. The van der Waals surface area contributed by atoms with Crippen LogP contribution in [0.3, 0.4) is 0 Å². The fraction of sp³-hybridized carbons (Fsp3) is 0.364. The molecule has 0 fully saturated rings. The largest absolute Gasteiger partial charge is 0.493 e. The van der Waals surface area contributed by atoms with Gasteiger partial charge in [0.05, 0.1) is 21.3 Å². The SMILES string of the molecule is CONC(=O)c1ccc(OC)c(OC)c1C. The maximum Gasteiger partial charge on any atom is 0.275 e. The summed E-state index contributed by atoms with van der Waals surface area (Å²) in [7, 11) is 4.46. The van der Waals surface area contributed by atoms with Crippen LogP contribution in [0, 0.1) is 6.92 Å². The minimum Gasteiger partial charge on any atom is -0.493 e. The number of benzene rings is 1. The molecular weight excluding hydrogens is 210 g/mol. The Bertz CT molecular complexity index is 390. The molecule has 5 nitrogen and oxygen atoms in total. The summed E-state index contributed by atoms with van der Waals surface area (Å²) in [6, 6.07) is 3.33. The molecule has 0 aliphatic rings. The molecule has 0 bridgehead atoms. The Morgan fingerprint density at radius 2 is 1.88 bits per heavy atom. The Hall–Kier alpha value is -1.75. The summed E-state index contributed by atoms with van der Waals surface area (Å²) < 4.78 is 10.3. The van der Waals surface area contributed by atoms with Gasteiger partial charge in [-0.2, -0.15) is 0 Å². The third-order valence-electron chi connectivity index (χ3n) is 2.23. The molecule has 1 aromatic rings. The lowest BCUT2D eigenvalue weighted by Gasteiger charge is -2.13. The van der Waals surface area contributed by atoms with Crippen LogP contribution in [0.5, 0.6) is 11.5 Å². The van der Waals surface area contributed by atoms with Crippen LogP contribution in [-0.4, -0.2) is 27.2 Å². The highest BCUT2D eigenvalue weighted by Crippen LogP contribution is 2.32. The molecule has 1 aromatic carbocycles. The van der Waals surface area contributed by atoms with Crippen LogP contribution in [0.25, 0.3) is 0 Å². The molecule has 0 saturated carbocycles. The van der Waals surface area contributed by atoms with E-state index in [-0.39, 0.29) is 5.91 Å². The minimum absolute atomic E-state index is 0.319. The minimum atomic E-state index is -0.319. The van der Waals surface area contributed by atoms with Gasteiger partial charge in [0.15, 0.2) is 11.5 Å². The number of ether oxygens (including phenoxy) is 2. The number of amides is 1. The van der Waals surface area contributed by atoms with Gasteiger partial charge in [-0.05, 0) is 19.1 Å². The molecule has 0 atom stereocenters. The maximum atomic E-state index is 11.6. The highest BCUT2D eigenvalue weighted by atomic mass is 16.6. The third kappa shape index (κ3) is 2.25. The zero-order valence-electron chi connectivity index (χ0n) is 9.79. The summed E-state index contributed by atoms with van der Waals surface area (Å²) in [5.41, 5.74) is 3.45. The summed E-state index contributed by atoms with van der Waals surface area (Å²) in [6.45, 7) is 1.78. The highest BCUT2D eigenvalue weighted by Gasteiger charge is 2.15. The van der Waals surface area contributed by atoms with Crippen LogP contribution in [-0.2, 0) is 4.84 Å². The molecule has 0 saturated heterocycles. The van der Waals surface area contributed by atoms with Gasteiger partial charge in [-0.1, -0.05) is 0 Å². The zero-order chi connectivity index (χ0) is 12.1. The fourth-order valence-electron chi connectivity index (χ4n) is 1.47. The molecule has 88 valence electrons. The summed E-state index contributed by atoms with van der Waals surface area (Å²) in [5.74, 6) is 0.821. The number of rotatable bonds is 4. The topological polar surface area (TPSA) is 56.8 Å². The summed E-state index contributed by atoms with van der Waals surface area (Å²) in [6.07, 6.45) is 0. The van der Waals surface area contributed by atoms with Crippen molar-refractivity contribution in [1.82, 2.24) is 5.48 Å². The van der Waals surface area contributed by atoms with Crippen molar-refractivity contribution in [2.75, 3.05) is 21.3 Å². The smallest absolute Gasteiger partial charge is 0.275 e. The predicted molar refractivity (Wildman–Crippen MR) is 58.8 cm³/mol. The van der Waals surface area contributed by atoms with E-state index in [0.29, 0.717) is 22.6 Å². The first-order valence-corrected chi connectivity index (χ1v) is 4.70. The van der Waals surface area contributed by atoms with E-state index in [4.69, 9.17) is 9.47 Å². The molecule has 1 N–H and O–H groups in total. The summed E-state index contributed by atoms with van der Waals surface area (Å²) in [5, 5.41) is 0. The van der Waals surface area contributed by atoms with Crippen LogP contribution in [0.2, 0.25) is 0 Å². The average Bonchev–Trinajstić information content (AvgIpc) is 2.28. The Balaban J connectivity index is 3.18. The molecule has 0 spiro atoms. The molecule has 0 radical (unpaired) electrons. The normalized spacial score (nSPS) is 9.75. The fourth-order valence-corrected chi connectivity index (χ4v) is 1.47. The van der Waals surface area contributed by atoms with Crippen molar-refractivity contribution in [3.63, 3.8) is 0 Å². The van der Waals surface area contributed by atoms with E-state index in [1.54, 1.807) is 26.2 Å². The lowest BCUT2D eigenvalue weighted by atomic mass is 10.1. The summed E-state index contributed by atoms with van der Waals surface area (Å²) >= 11 is 0. The van der Waals surface area contributed by atoms with E-state index >= 15 is 0 Å². The number of hydrogen-bond donors (Lipinski definition) is 1. The quantitative estimate of drug-likeness (QED) is 0.785. The predicted octanol–water partition coefficient (Wildman–Crippen LogP) is 1.30. The van der Waals surface area contributed by atoms with Gasteiger partial charge in [0.2, 0.25) is 0 Å². The lowest BCUT2D eigenvalue weighted by molar-refractivity contribution is 0.0536. The van der Waals surface area contributed by atoms with E-state index in [2.05, 4.69) is 10.3 Å². The lowest BCUT2D eigenvalue weighted by Crippen LogP contribution is -2.22. The first-order valence-electron chi connectivity index (χ1n) is 4.70.